The summed E-state index contributed by atoms with van der Waals surface area (Å²) in [4.78, 5) is 36.4. The topological polar surface area (TPSA) is 109 Å². The van der Waals surface area contributed by atoms with Gasteiger partial charge in [0.15, 0.2) is 0 Å². The van der Waals surface area contributed by atoms with Gasteiger partial charge in [0.1, 0.15) is 0 Å². The van der Waals surface area contributed by atoms with Gasteiger partial charge >= 0.3 is 0 Å². The van der Waals surface area contributed by atoms with Gasteiger partial charge in [0, 0.05) is 43.1 Å². The van der Waals surface area contributed by atoms with Crippen molar-refractivity contribution in [3.63, 3.8) is 0 Å². The van der Waals surface area contributed by atoms with Crippen LogP contribution in [-0.2, 0) is 11.2 Å². The molecule has 1 saturated heterocycles. The summed E-state index contributed by atoms with van der Waals surface area (Å²) >= 11 is 0.885. The number of rotatable bonds is 7. The Morgan fingerprint density at radius 1 is 1.07 bits per heavy atom. The summed E-state index contributed by atoms with van der Waals surface area (Å²) in [6.07, 6.45) is 10.3. The maximum Gasteiger partial charge on any atom is 0.290 e. The van der Waals surface area contributed by atoms with E-state index in [1.807, 2.05) is 18.3 Å². The normalized spacial score (nSPS) is 22.9. The van der Waals surface area contributed by atoms with E-state index in [4.69, 9.17) is 0 Å². The molecule has 0 atom stereocenters. The quantitative estimate of drug-likeness (QED) is 0.582. The highest BCUT2D eigenvalue weighted by Crippen LogP contribution is 2.25. The summed E-state index contributed by atoms with van der Waals surface area (Å²) in [5.41, 5.74) is 1.72. The van der Waals surface area contributed by atoms with Crippen molar-refractivity contribution in [2.45, 2.75) is 44.2 Å². The second-order valence-electron chi connectivity index (χ2n) is 7.38. The number of carbonyl (C=O) groups excluding carboxylic acids is 2. The van der Waals surface area contributed by atoms with Gasteiger partial charge in [-0.2, -0.15) is 0 Å². The van der Waals surface area contributed by atoms with Crippen LogP contribution in [0.5, 0.6) is 0 Å². The van der Waals surface area contributed by atoms with Crippen LogP contribution in [0.1, 0.15) is 37.1 Å². The Morgan fingerprint density at radius 3 is 2.63 bits per heavy atom. The summed E-state index contributed by atoms with van der Waals surface area (Å²) in [6.45, 7) is 0.938. The van der Waals surface area contributed by atoms with Crippen molar-refractivity contribution in [3.05, 3.63) is 53.0 Å². The van der Waals surface area contributed by atoms with Gasteiger partial charge in [-0.25, -0.2) is 9.97 Å². The van der Waals surface area contributed by atoms with E-state index in [1.165, 1.54) is 0 Å². The molecule has 2 aromatic heterocycles. The van der Waals surface area contributed by atoms with E-state index in [2.05, 4.69) is 37.0 Å². The number of hydrogen-bond acceptors (Lipinski definition) is 8. The summed E-state index contributed by atoms with van der Waals surface area (Å²) in [5, 5.41) is 8.93. The Bertz CT molecular complexity index is 928. The predicted molar refractivity (Wildman–Crippen MR) is 117 cm³/mol. The molecule has 2 fully saturated rings. The molecule has 2 aliphatic rings. The number of thioether (sulfide) groups is 1. The average Bonchev–Trinajstić information content (AvgIpc) is 3.07. The molecule has 2 amide bonds. The van der Waals surface area contributed by atoms with E-state index in [1.54, 1.807) is 18.3 Å². The summed E-state index contributed by atoms with van der Waals surface area (Å²) < 4.78 is 0. The van der Waals surface area contributed by atoms with Gasteiger partial charge in [0.2, 0.25) is 5.95 Å². The number of pyridine rings is 1. The van der Waals surface area contributed by atoms with Crippen LogP contribution in [-0.4, -0.2) is 44.7 Å². The van der Waals surface area contributed by atoms with E-state index in [9.17, 15) is 9.59 Å². The summed E-state index contributed by atoms with van der Waals surface area (Å²) in [7, 11) is 0. The molecule has 156 valence electrons. The maximum absolute atomic E-state index is 11.7. The van der Waals surface area contributed by atoms with Crippen LogP contribution in [0.2, 0.25) is 0 Å². The van der Waals surface area contributed by atoms with E-state index < -0.39 is 0 Å². The van der Waals surface area contributed by atoms with Gasteiger partial charge < -0.3 is 10.6 Å². The van der Waals surface area contributed by atoms with Crippen molar-refractivity contribution < 1.29 is 9.59 Å². The number of nitrogens with zero attached hydrogens (tertiary/aromatic N) is 3. The SMILES string of the molecule is O=C1NC(=O)/C(=C/c2ccnc(NC3CCC(NCCc4ccccn4)CC3)n2)S1. The second kappa shape index (κ2) is 9.82. The zero-order valence-electron chi connectivity index (χ0n) is 16.5. The Morgan fingerprint density at radius 2 is 1.90 bits per heavy atom. The number of carbonyl (C=O) groups is 2. The molecule has 0 aromatic carbocycles. The molecule has 1 aliphatic carbocycles. The fourth-order valence-corrected chi connectivity index (χ4v) is 4.32. The molecule has 0 spiro atoms. The van der Waals surface area contributed by atoms with Crippen LogP contribution in [0.25, 0.3) is 6.08 Å². The van der Waals surface area contributed by atoms with E-state index in [0.29, 0.717) is 28.6 Å². The van der Waals surface area contributed by atoms with Gasteiger partial charge in [0.25, 0.3) is 11.1 Å². The molecule has 1 aliphatic heterocycles. The van der Waals surface area contributed by atoms with Gasteiger partial charge in [-0.15, -0.1) is 0 Å². The number of nitrogens with one attached hydrogen (secondary N) is 3. The second-order valence-corrected chi connectivity index (χ2v) is 8.39. The van der Waals surface area contributed by atoms with Gasteiger partial charge in [-0.05, 0) is 61.7 Å². The molecule has 0 unspecified atom stereocenters. The first-order valence-electron chi connectivity index (χ1n) is 10.1. The van der Waals surface area contributed by atoms with Crippen LogP contribution in [0.15, 0.2) is 41.6 Å². The van der Waals surface area contributed by atoms with E-state index in [-0.39, 0.29) is 11.1 Å². The number of aromatic nitrogens is 3. The highest BCUT2D eigenvalue weighted by molar-refractivity contribution is 8.18. The lowest BCUT2D eigenvalue weighted by Crippen LogP contribution is -2.38. The van der Waals surface area contributed by atoms with Crippen molar-refractivity contribution in [3.8, 4) is 0 Å². The minimum absolute atomic E-state index is 0.326. The van der Waals surface area contributed by atoms with Crippen LogP contribution in [0, 0.1) is 0 Å². The van der Waals surface area contributed by atoms with E-state index in [0.717, 1.165) is 56.1 Å². The molecular weight excluding hydrogens is 400 g/mol. The Kier molecular flexibility index (Phi) is 6.70. The van der Waals surface area contributed by atoms with Gasteiger partial charge in [0.05, 0.1) is 10.6 Å². The number of anilines is 1. The molecule has 4 rings (SSSR count). The fourth-order valence-electron chi connectivity index (χ4n) is 3.65. The lowest BCUT2D eigenvalue weighted by atomic mass is 9.91. The molecule has 2 aromatic rings. The van der Waals surface area contributed by atoms with Crippen molar-refractivity contribution in [2.24, 2.45) is 0 Å². The number of hydrogen-bond donors (Lipinski definition) is 3. The standard InChI is InChI=1S/C21H24N6O2S/c28-19-18(30-21(29)27-19)13-17-9-12-24-20(26-17)25-16-6-4-15(5-7-16)23-11-8-14-3-1-2-10-22-14/h1-3,9-10,12-13,15-16,23H,4-8,11H2,(H,24,25,26)(H,27,28,29)/b18-13-. The molecule has 8 nitrogen and oxygen atoms in total. The van der Waals surface area contributed by atoms with Crippen LogP contribution >= 0.6 is 11.8 Å². The predicted octanol–water partition coefficient (Wildman–Crippen LogP) is 2.75. The van der Waals surface area contributed by atoms with Crippen LogP contribution in [0.4, 0.5) is 10.7 Å². The Labute approximate surface area is 179 Å². The van der Waals surface area contributed by atoms with Crippen molar-refractivity contribution in [2.75, 3.05) is 11.9 Å². The number of imide groups is 1. The van der Waals surface area contributed by atoms with Gasteiger partial charge in [-0.1, -0.05) is 6.07 Å². The largest absolute Gasteiger partial charge is 0.351 e. The molecule has 0 bridgehead atoms. The summed E-state index contributed by atoms with van der Waals surface area (Å²) in [5.74, 6) is 0.164. The van der Waals surface area contributed by atoms with Gasteiger partial charge in [-0.3, -0.25) is 19.9 Å². The first kappa shape index (κ1) is 20.5. The lowest BCUT2D eigenvalue weighted by molar-refractivity contribution is -0.115. The highest BCUT2D eigenvalue weighted by Gasteiger charge is 2.25. The minimum atomic E-state index is -0.382. The molecule has 30 heavy (non-hydrogen) atoms. The zero-order valence-corrected chi connectivity index (χ0v) is 17.3. The van der Waals surface area contributed by atoms with Crippen LogP contribution < -0.4 is 16.0 Å². The third-order valence-electron chi connectivity index (χ3n) is 5.20. The molecule has 3 N–H and O–H groups in total. The molecule has 1 saturated carbocycles. The maximum atomic E-state index is 11.7. The van der Waals surface area contributed by atoms with Crippen molar-refractivity contribution in [1.82, 2.24) is 25.6 Å². The minimum Gasteiger partial charge on any atom is -0.351 e. The highest BCUT2D eigenvalue weighted by atomic mass is 32.2. The third-order valence-corrected chi connectivity index (χ3v) is 6.01. The zero-order chi connectivity index (χ0) is 20.8. The first-order valence-corrected chi connectivity index (χ1v) is 10.9. The molecule has 9 heteroatoms. The van der Waals surface area contributed by atoms with E-state index >= 15 is 0 Å². The monoisotopic (exact) mass is 424 g/mol. The summed E-state index contributed by atoms with van der Waals surface area (Å²) in [6, 6.07) is 8.59. The van der Waals surface area contributed by atoms with Crippen molar-refractivity contribution >= 4 is 34.9 Å². The smallest absolute Gasteiger partial charge is 0.290 e. The Hall–Kier alpha value is -2.78. The molecule has 3 heterocycles. The average molecular weight is 425 g/mol. The van der Waals surface area contributed by atoms with Crippen molar-refractivity contribution in [1.29, 1.82) is 0 Å². The fraction of sp³-hybridized carbons (Fsp3) is 0.381. The van der Waals surface area contributed by atoms with Crippen LogP contribution in [0.3, 0.4) is 0 Å². The molecular formula is C21H24N6O2S. The Balaban J connectivity index is 1.24. The third kappa shape index (κ3) is 5.64. The lowest BCUT2D eigenvalue weighted by Gasteiger charge is -2.29. The molecule has 0 radical (unpaired) electrons. The number of amides is 2. The first-order chi connectivity index (χ1) is 14.7.